The maximum atomic E-state index is 9.63. The fraction of sp³-hybridized carbons (Fsp3) is 0.333. The molecule has 2 heteroatoms. The molecule has 2 aromatic carbocycles. The Morgan fingerprint density at radius 2 is 1.85 bits per heavy atom. The lowest BCUT2D eigenvalue weighted by Crippen LogP contribution is -2.40. The predicted molar refractivity (Wildman–Crippen MR) is 81.7 cm³/mol. The Hall–Kier alpha value is -1.80. The average molecular weight is 267 g/mol. The molecule has 0 radical (unpaired) electrons. The zero-order valence-corrected chi connectivity index (χ0v) is 11.8. The molecule has 0 aliphatic heterocycles. The molecule has 20 heavy (non-hydrogen) atoms. The smallest absolute Gasteiger partial charge is 0.115 e. The van der Waals surface area contributed by atoms with Gasteiger partial charge in [-0.05, 0) is 47.6 Å². The van der Waals surface area contributed by atoms with Crippen LogP contribution in [0.2, 0.25) is 0 Å². The summed E-state index contributed by atoms with van der Waals surface area (Å²) in [6.07, 6.45) is 2.08. The van der Waals surface area contributed by atoms with Gasteiger partial charge >= 0.3 is 0 Å². The van der Waals surface area contributed by atoms with E-state index in [9.17, 15) is 5.11 Å². The average Bonchev–Trinajstić information content (AvgIpc) is 2.46. The zero-order valence-electron chi connectivity index (χ0n) is 11.8. The molecule has 0 saturated heterocycles. The number of hydrogen-bond acceptors (Lipinski definition) is 2. The van der Waals surface area contributed by atoms with Crippen LogP contribution >= 0.6 is 0 Å². The molecule has 0 fully saturated rings. The van der Waals surface area contributed by atoms with E-state index in [4.69, 9.17) is 0 Å². The summed E-state index contributed by atoms with van der Waals surface area (Å²) in [5.41, 5.74) is 3.99. The van der Waals surface area contributed by atoms with Crippen molar-refractivity contribution >= 4 is 0 Å². The summed E-state index contributed by atoms with van der Waals surface area (Å²) in [5.74, 6) is 0.996. The van der Waals surface area contributed by atoms with Gasteiger partial charge in [0.15, 0.2) is 0 Å². The van der Waals surface area contributed by atoms with Crippen LogP contribution < -0.4 is 5.32 Å². The third-order valence-corrected chi connectivity index (χ3v) is 4.27. The molecule has 2 atom stereocenters. The molecule has 0 spiro atoms. The normalized spacial score (nSPS) is 21.4. The Morgan fingerprint density at radius 1 is 1.05 bits per heavy atom. The molecule has 2 unspecified atom stereocenters. The molecule has 0 heterocycles. The second-order valence-electron chi connectivity index (χ2n) is 5.81. The molecule has 1 aliphatic rings. The van der Waals surface area contributed by atoms with Crippen LogP contribution in [0.3, 0.4) is 0 Å². The van der Waals surface area contributed by atoms with E-state index in [0.29, 0.717) is 17.7 Å². The molecular weight excluding hydrogens is 246 g/mol. The SMILES string of the molecule is CC1Cc2ccc(O)cc2CC1NCc1ccccc1. The van der Waals surface area contributed by atoms with Crippen molar-refractivity contribution in [2.75, 3.05) is 0 Å². The fourth-order valence-corrected chi connectivity index (χ4v) is 3.05. The van der Waals surface area contributed by atoms with Crippen molar-refractivity contribution in [1.29, 1.82) is 0 Å². The van der Waals surface area contributed by atoms with Crippen LogP contribution in [-0.4, -0.2) is 11.1 Å². The molecule has 1 aliphatic carbocycles. The number of phenols is 1. The number of fused-ring (bicyclic) bond motifs is 1. The number of nitrogens with one attached hydrogen (secondary N) is 1. The fourth-order valence-electron chi connectivity index (χ4n) is 3.05. The Bertz CT molecular complexity index is 579. The molecule has 2 nitrogen and oxygen atoms in total. The van der Waals surface area contributed by atoms with Gasteiger partial charge in [-0.3, -0.25) is 0 Å². The molecule has 0 amide bonds. The largest absolute Gasteiger partial charge is 0.508 e. The number of aromatic hydroxyl groups is 1. The summed E-state index contributed by atoms with van der Waals surface area (Å²) in [4.78, 5) is 0. The van der Waals surface area contributed by atoms with E-state index in [1.54, 1.807) is 6.07 Å². The van der Waals surface area contributed by atoms with E-state index < -0.39 is 0 Å². The van der Waals surface area contributed by atoms with Crippen molar-refractivity contribution in [2.45, 2.75) is 32.4 Å². The van der Waals surface area contributed by atoms with E-state index in [1.165, 1.54) is 16.7 Å². The van der Waals surface area contributed by atoms with Gasteiger partial charge < -0.3 is 10.4 Å². The summed E-state index contributed by atoms with van der Waals surface area (Å²) in [7, 11) is 0. The summed E-state index contributed by atoms with van der Waals surface area (Å²) < 4.78 is 0. The third-order valence-electron chi connectivity index (χ3n) is 4.27. The van der Waals surface area contributed by atoms with E-state index in [2.05, 4.69) is 42.6 Å². The summed E-state index contributed by atoms with van der Waals surface area (Å²) in [6.45, 7) is 3.21. The summed E-state index contributed by atoms with van der Waals surface area (Å²) in [6, 6.07) is 16.8. The van der Waals surface area contributed by atoms with E-state index in [0.717, 1.165) is 19.4 Å². The van der Waals surface area contributed by atoms with Crippen molar-refractivity contribution in [2.24, 2.45) is 5.92 Å². The van der Waals surface area contributed by atoms with Crippen molar-refractivity contribution < 1.29 is 5.11 Å². The van der Waals surface area contributed by atoms with Crippen molar-refractivity contribution in [3.8, 4) is 5.75 Å². The highest BCUT2D eigenvalue weighted by molar-refractivity contribution is 5.37. The summed E-state index contributed by atoms with van der Waals surface area (Å²) in [5, 5.41) is 13.3. The van der Waals surface area contributed by atoms with Crippen LogP contribution in [0.25, 0.3) is 0 Å². The molecule has 0 aromatic heterocycles. The first kappa shape index (κ1) is 13.2. The van der Waals surface area contributed by atoms with Crippen LogP contribution in [0.4, 0.5) is 0 Å². The minimum atomic E-state index is 0.375. The van der Waals surface area contributed by atoms with Crippen LogP contribution in [0.1, 0.15) is 23.6 Å². The molecule has 2 N–H and O–H groups in total. The van der Waals surface area contributed by atoms with Crippen LogP contribution in [-0.2, 0) is 19.4 Å². The van der Waals surface area contributed by atoms with E-state index in [-0.39, 0.29) is 0 Å². The minimum absolute atomic E-state index is 0.375. The van der Waals surface area contributed by atoms with Gasteiger partial charge in [0.1, 0.15) is 5.75 Å². The highest BCUT2D eigenvalue weighted by atomic mass is 16.3. The maximum absolute atomic E-state index is 9.63. The second-order valence-corrected chi connectivity index (χ2v) is 5.81. The van der Waals surface area contributed by atoms with Gasteiger partial charge in [-0.1, -0.05) is 43.3 Å². The molecule has 0 saturated carbocycles. The Labute approximate surface area is 120 Å². The minimum Gasteiger partial charge on any atom is -0.508 e. The predicted octanol–water partition coefficient (Wildman–Crippen LogP) is 3.29. The van der Waals surface area contributed by atoms with Gasteiger partial charge in [0.2, 0.25) is 0 Å². The monoisotopic (exact) mass is 267 g/mol. The summed E-state index contributed by atoms with van der Waals surface area (Å²) >= 11 is 0. The van der Waals surface area contributed by atoms with Crippen LogP contribution in [0, 0.1) is 5.92 Å². The highest BCUT2D eigenvalue weighted by Crippen LogP contribution is 2.28. The zero-order chi connectivity index (χ0) is 13.9. The van der Waals surface area contributed by atoms with Gasteiger partial charge in [-0.15, -0.1) is 0 Å². The first-order chi connectivity index (χ1) is 9.72. The number of hydrogen-bond donors (Lipinski definition) is 2. The first-order valence-corrected chi connectivity index (χ1v) is 7.30. The maximum Gasteiger partial charge on any atom is 0.115 e. The van der Waals surface area contributed by atoms with Crippen molar-refractivity contribution in [1.82, 2.24) is 5.32 Å². The van der Waals surface area contributed by atoms with Crippen LogP contribution in [0.5, 0.6) is 5.75 Å². The van der Waals surface area contributed by atoms with Crippen molar-refractivity contribution in [3.05, 3.63) is 65.2 Å². The van der Waals surface area contributed by atoms with Gasteiger partial charge in [0.25, 0.3) is 0 Å². The van der Waals surface area contributed by atoms with E-state index in [1.807, 2.05) is 12.1 Å². The van der Waals surface area contributed by atoms with Gasteiger partial charge in [0, 0.05) is 12.6 Å². The third kappa shape index (κ3) is 2.86. The number of rotatable bonds is 3. The second kappa shape index (κ2) is 5.68. The van der Waals surface area contributed by atoms with Gasteiger partial charge in [-0.2, -0.15) is 0 Å². The highest BCUT2D eigenvalue weighted by Gasteiger charge is 2.24. The van der Waals surface area contributed by atoms with Gasteiger partial charge in [0.05, 0.1) is 0 Å². The van der Waals surface area contributed by atoms with Crippen molar-refractivity contribution in [3.63, 3.8) is 0 Å². The number of phenolic OH excluding ortho intramolecular Hbond substituents is 1. The first-order valence-electron chi connectivity index (χ1n) is 7.30. The van der Waals surface area contributed by atoms with E-state index >= 15 is 0 Å². The lowest BCUT2D eigenvalue weighted by Gasteiger charge is -2.31. The molecule has 3 rings (SSSR count). The molecule has 104 valence electrons. The topological polar surface area (TPSA) is 32.3 Å². The lowest BCUT2D eigenvalue weighted by molar-refractivity contribution is 0.350. The Morgan fingerprint density at radius 3 is 2.65 bits per heavy atom. The molecule has 0 bridgehead atoms. The Balaban J connectivity index is 1.69. The van der Waals surface area contributed by atoms with Gasteiger partial charge in [-0.25, -0.2) is 0 Å². The molecular formula is C18H21NO. The molecule has 2 aromatic rings. The van der Waals surface area contributed by atoms with Crippen LogP contribution in [0.15, 0.2) is 48.5 Å². The number of benzene rings is 2. The Kier molecular flexibility index (Phi) is 3.75. The lowest BCUT2D eigenvalue weighted by atomic mass is 9.81. The standard InChI is InChI=1S/C18H21NO/c1-13-9-15-7-8-17(20)10-16(15)11-18(13)19-12-14-5-3-2-4-6-14/h2-8,10,13,18-20H,9,11-12H2,1H3. The quantitative estimate of drug-likeness (QED) is 0.894.